The standard InChI is InChI=1S/C26H52N2/c1-7-10-12-14-20-26(19-11-8-2)21-15-13-16-22-28(9-3)23-17-18-24(4)25(5)27-6/h14,19-20,24-25,27H,7-13,15-18,21-23H2,1-6H3/b20-14?,26-19+/t24-,25?/m1/s1. The minimum Gasteiger partial charge on any atom is -0.317 e. The molecule has 0 bridgehead atoms. The van der Waals surface area contributed by atoms with Gasteiger partial charge in [-0.2, -0.15) is 0 Å². The van der Waals surface area contributed by atoms with Crippen LogP contribution in [0.25, 0.3) is 0 Å². The molecule has 166 valence electrons. The van der Waals surface area contributed by atoms with Crippen LogP contribution in [0.2, 0.25) is 0 Å². The highest BCUT2D eigenvalue weighted by molar-refractivity contribution is 5.18. The molecule has 0 aliphatic rings. The Morgan fingerprint density at radius 2 is 1.64 bits per heavy atom. The summed E-state index contributed by atoms with van der Waals surface area (Å²) in [7, 11) is 2.07. The van der Waals surface area contributed by atoms with Crippen molar-refractivity contribution in [2.75, 3.05) is 26.7 Å². The Kier molecular flexibility index (Phi) is 19.3. The van der Waals surface area contributed by atoms with Gasteiger partial charge in [0.05, 0.1) is 0 Å². The first kappa shape index (κ1) is 27.4. The molecule has 0 fully saturated rings. The maximum Gasteiger partial charge on any atom is 0.00613 e. The van der Waals surface area contributed by atoms with Gasteiger partial charge < -0.3 is 10.2 Å². The number of nitrogens with one attached hydrogen (secondary N) is 1. The van der Waals surface area contributed by atoms with E-state index in [9.17, 15) is 0 Å². The summed E-state index contributed by atoms with van der Waals surface area (Å²) in [4.78, 5) is 2.65. The van der Waals surface area contributed by atoms with Gasteiger partial charge in [0.25, 0.3) is 0 Å². The second-order valence-corrected chi connectivity index (χ2v) is 8.55. The van der Waals surface area contributed by atoms with Crippen molar-refractivity contribution in [1.82, 2.24) is 10.2 Å². The third-order valence-corrected chi connectivity index (χ3v) is 6.08. The second kappa shape index (κ2) is 19.7. The smallest absolute Gasteiger partial charge is 0.00613 e. The SMILES string of the molecule is CCC/C=C(\C=CCCCC)CCCCCN(CC)CCC[C@@H](C)C(C)NC. The molecule has 2 heteroatoms. The average molecular weight is 393 g/mol. The van der Waals surface area contributed by atoms with Crippen molar-refractivity contribution in [3.63, 3.8) is 0 Å². The molecular formula is C26H52N2. The van der Waals surface area contributed by atoms with E-state index in [1.54, 1.807) is 5.57 Å². The van der Waals surface area contributed by atoms with Gasteiger partial charge in [-0.1, -0.05) is 77.2 Å². The van der Waals surface area contributed by atoms with Crippen molar-refractivity contribution in [3.05, 3.63) is 23.8 Å². The van der Waals surface area contributed by atoms with Crippen LogP contribution < -0.4 is 5.32 Å². The predicted molar refractivity (Wildman–Crippen MR) is 129 cm³/mol. The molecule has 0 aliphatic heterocycles. The van der Waals surface area contributed by atoms with E-state index in [4.69, 9.17) is 0 Å². The van der Waals surface area contributed by atoms with Gasteiger partial charge >= 0.3 is 0 Å². The van der Waals surface area contributed by atoms with Gasteiger partial charge in [-0.05, 0) is 84.5 Å². The molecule has 0 aromatic carbocycles. The number of hydrogen-bond acceptors (Lipinski definition) is 2. The molecule has 0 radical (unpaired) electrons. The van der Waals surface area contributed by atoms with Crippen LogP contribution in [0.3, 0.4) is 0 Å². The molecule has 1 unspecified atom stereocenters. The number of nitrogens with zero attached hydrogens (tertiary/aromatic N) is 1. The van der Waals surface area contributed by atoms with E-state index < -0.39 is 0 Å². The van der Waals surface area contributed by atoms with Crippen molar-refractivity contribution in [2.45, 2.75) is 111 Å². The fourth-order valence-electron chi connectivity index (χ4n) is 3.58. The lowest BCUT2D eigenvalue weighted by Gasteiger charge is -2.23. The van der Waals surface area contributed by atoms with Gasteiger partial charge in [0.15, 0.2) is 0 Å². The first-order chi connectivity index (χ1) is 13.6. The molecule has 0 saturated carbocycles. The van der Waals surface area contributed by atoms with Gasteiger partial charge in [0.1, 0.15) is 0 Å². The fourth-order valence-corrected chi connectivity index (χ4v) is 3.58. The van der Waals surface area contributed by atoms with E-state index in [1.165, 1.54) is 90.3 Å². The molecule has 0 rings (SSSR count). The van der Waals surface area contributed by atoms with Crippen LogP contribution in [0, 0.1) is 5.92 Å². The second-order valence-electron chi connectivity index (χ2n) is 8.55. The number of rotatable bonds is 19. The fraction of sp³-hybridized carbons (Fsp3) is 0.846. The number of unbranched alkanes of at least 4 members (excludes halogenated alkanes) is 5. The van der Waals surface area contributed by atoms with Gasteiger partial charge in [-0.3, -0.25) is 0 Å². The van der Waals surface area contributed by atoms with E-state index in [0.29, 0.717) is 6.04 Å². The third kappa shape index (κ3) is 15.3. The molecule has 0 spiro atoms. The lowest BCUT2D eigenvalue weighted by molar-refractivity contribution is 0.262. The van der Waals surface area contributed by atoms with Crippen LogP contribution in [-0.2, 0) is 0 Å². The average Bonchev–Trinajstić information content (AvgIpc) is 2.71. The number of hydrogen-bond donors (Lipinski definition) is 1. The zero-order chi connectivity index (χ0) is 21.0. The Bertz CT molecular complexity index is 386. The Hall–Kier alpha value is -0.600. The van der Waals surface area contributed by atoms with E-state index in [1.807, 2.05) is 0 Å². The Labute approximate surface area is 178 Å². The van der Waals surface area contributed by atoms with Gasteiger partial charge in [0, 0.05) is 6.04 Å². The molecular weight excluding hydrogens is 340 g/mol. The molecule has 2 atom stereocenters. The highest BCUT2D eigenvalue weighted by Gasteiger charge is 2.10. The Morgan fingerprint density at radius 1 is 0.893 bits per heavy atom. The van der Waals surface area contributed by atoms with Gasteiger partial charge in [-0.25, -0.2) is 0 Å². The van der Waals surface area contributed by atoms with Crippen LogP contribution in [-0.4, -0.2) is 37.6 Å². The predicted octanol–water partition coefficient (Wildman–Crippen LogP) is 7.37. The van der Waals surface area contributed by atoms with E-state index in [-0.39, 0.29) is 0 Å². The molecule has 0 heterocycles. The summed E-state index contributed by atoms with van der Waals surface area (Å²) in [5, 5.41) is 3.38. The maximum absolute atomic E-state index is 3.38. The molecule has 0 aliphatic carbocycles. The lowest BCUT2D eigenvalue weighted by atomic mass is 9.98. The summed E-state index contributed by atoms with van der Waals surface area (Å²) >= 11 is 0. The van der Waals surface area contributed by atoms with Crippen molar-refractivity contribution in [3.8, 4) is 0 Å². The summed E-state index contributed by atoms with van der Waals surface area (Å²) in [5.41, 5.74) is 1.57. The summed E-state index contributed by atoms with van der Waals surface area (Å²) in [5.74, 6) is 0.766. The van der Waals surface area contributed by atoms with E-state index in [2.05, 4.69) is 70.1 Å². The third-order valence-electron chi connectivity index (χ3n) is 6.08. The zero-order valence-corrected chi connectivity index (χ0v) is 20.2. The highest BCUT2D eigenvalue weighted by Crippen LogP contribution is 2.14. The molecule has 1 N–H and O–H groups in total. The summed E-state index contributed by atoms with van der Waals surface area (Å²) < 4.78 is 0. The zero-order valence-electron chi connectivity index (χ0n) is 20.2. The normalized spacial score (nSPS) is 14.9. The Balaban J connectivity index is 4.02. The molecule has 28 heavy (non-hydrogen) atoms. The molecule has 2 nitrogen and oxygen atoms in total. The molecule has 0 amide bonds. The minimum absolute atomic E-state index is 0.626. The van der Waals surface area contributed by atoms with Crippen molar-refractivity contribution in [1.29, 1.82) is 0 Å². The van der Waals surface area contributed by atoms with Crippen molar-refractivity contribution < 1.29 is 0 Å². The van der Waals surface area contributed by atoms with Crippen LogP contribution in [0.4, 0.5) is 0 Å². The monoisotopic (exact) mass is 392 g/mol. The topological polar surface area (TPSA) is 15.3 Å². The highest BCUT2D eigenvalue weighted by atomic mass is 15.1. The minimum atomic E-state index is 0.626. The van der Waals surface area contributed by atoms with E-state index in [0.717, 1.165) is 5.92 Å². The maximum atomic E-state index is 3.38. The first-order valence-corrected chi connectivity index (χ1v) is 12.3. The van der Waals surface area contributed by atoms with Crippen LogP contribution >= 0.6 is 0 Å². The van der Waals surface area contributed by atoms with E-state index >= 15 is 0 Å². The molecule has 0 saturated heterocycles. The summed E-state index contributed by atoms with van der Waals surface area (Å²) in [6.45, 7) is 15.2. The lowest BCUT2D eigenvalue weighted by Crippen LogP contribution is -2.30. The Morgan fingerprint density at radius 3 is 2.29 bits per heavy atom. The van der Waals surface area contributed by atoms with Crippen molar-refractivity contribution >= 4 is 0 Å². The summed E-state index contributed by atoms with van der Waals surface area (Å²) in [6, 6.07) is 0.626. The van der Waals surface area contributed by atoms with Gasteiger partial charge in [-0.15, -0.1) is 0 Å². The quantitative estimate of drug-likeness (QED) is 0.182. The first-order valence-electron chi connectivity index (χ1n) is 12.3. The largest absolute Gasteiger partial charge is 0.317 e. The molecule has 0 aromatic heterocycles. The van der Waals surface area contributed by atoms with Crippen molar-refractivity contribution in [2.24, 2.45) is 5.92 Å². The summed E-state index contributed by atoms with van der Waals surface area (Å²) in [6.07, 6.45) is 21.5. The molecule has 0 aromatic rings. The van der Waals surface area contributed by atoms with Crippen LogP contribution in [0.5, 0.6) is 0 Å². The van der Waals surface area contributed by atoms with Crippen LogP contribution in [0.1, 0.15) is 105 Å². The van der Waals surface area contributed by atoms with Gasteiger partial charge in [0.2, 0.25) is 0 Å². The number of allylic oxidation sites excluding steroid dienone is 4. The van der Waals surface area contributed by atoms with Crippen LogP contribution in [0.15, 0.2) is 23.8 Å².